The van der Waals surface area contributed by atoms with E-state index >= 15 is 0 Å². The topological polar surface area (TPSA) is 52.6 Å². The summed E-state index contributed by atoms with van der Waals surface area (Å²) in [6, 6.07) is 6.08. The molecule has 2 aromatic rings. The van der Waals surface area contributed by atoms with Crippen molar-refractivity contribution in [1.82, 2.24) is 15.6 Å². The minimum Gasteiger partial charge on any atom is -0.365 e. The Labute approximate surface area is 164 Å². The first-order valence-electron chi connectivity index (χ1n) is 9.71. The molecule has 0 saturated carbocycles. The van der Waals surface area contributed by atoms with Crippen molar-refractivity contribution in [2.75, 3.05) is 31.1 Å². The van der Waals surface area contributed by atoms with E-state index in [2.05, 4.69) is 20.6 Å². The zero-order chi connectivity index (χ0) is 19.9. The molecule has 0 amide bonds. The molecular weight excluding hydrogens is 360 g/mol. The van der Waals surface area contributed by atoms with E-state index in [1.54, 1.807) is 11.1 Å². The van der Waals surface area contributed by atoms with Gasteiger partial charge in [0.1, 0.15) is 17.3 Å². The second-order valence-corrected chi connectivity index (χ2v) is 6.96. The smallest absolute Gasteiger partial charge is 0.191 e. The molecule has 1 aliphatic heterocycles. The summed E-state index contributed by atoms with van der Waals surface area (Å²) in [6.45, 7) is 6.60. The summed E-state index contributed by atoms with van der Waals surface area (Å²) in [4.78, 5) is 10.5. The van der Waals surface area contributed by atoms with Crippen molar-refractivity contribution >= 4 is 11.6 Å². The molecule has 28 heavy (non-hydrogen) atoms. The number of rotatable bonds is 6. The van der Waals surface area contributed by atoms with Crippen molar-refractivity contribution < 1.29 is 8.78 Å². The van der Waals surface area contributed by atoms with Crippen molar-refractivity contribution in [2.24, 2.45) is 4.99 Å². The van der Waals surface area contributed by atoms with Crippen LogP contribution in [-0.4, -0.2) is 43.2 Å². The van der Waals surface area contributed by atoms with Crippen LogP contribution in [0.3, 0.4) is 0 Å². The average molecular weight is 387 g/mol. The Kier molecular flexibility index (Phi) is 6.79. The maximum Gasteiger partial charge on any atom is 0.191 e. The highest BCUT2D eigenvalue weighted by Gasteiger charge is 2.27. The lowest BCUT2D eigenvalue weighted by atomic mass is 10.1. The molecule has 5 nitrogen and oxygen atoms in total. The molecule has 2 N–H and O–H groups in total. The number of nitrogens with one attached hydrogen (secondary N) is 2. The van der Waals surface area contributed by atoms with E-state index in [0.717, 1.165) is 30.9 Å². The Balaban J connectivity index is 1.59. The quantitative estimate of drug-likeness (QED) is 0.591. The monoisotopic (exact) mass is 387 g/mol. The molecule has 0 aliphatic carbocycles. The molecule has 1 fully saturated rings. The number of aliphatic imine (C=N–C) groups is 1. The molecular formula is C21H27F2N5. The molecule has 1 unspecified atom stereocenters. The van der Waals surface area contributed by atoms with Crippen LogP contribution in [0, 0.1) is 18.6 Å². The number of halogens is 2. The SMILES string of the molecule is CCNC(=NCCc1ccncc1C)NC1CCN(c2c(F)cccc2F)C1. The van der Waals surface area contributed by atoms with E-state index in [9.17, 15) is 8.78 Å². The molecule has 1 aromatic carbocycles. The average Bonchev–Trinajstić information content (AvgIpc) is 3.11. The van der Waals surface area contributed by atoms with Crippen LogP contribution in [0.5, 0.6) is 0 Å². The van der Waals surface area contributed by atoms with Gasteiger partial charge in [0, 0.05) is 44.6 Å². The van der Waals surface area contributed by atoms with Crippen LogP contribution in [0.2, 0.25) is 0 Å². The first-order valence-corrected chi connectivity index (χ1v) is 9.71. The molecule has 2 heterocycles. The van der Waals surface area contributed by atoms with E-state index in [1.807, 2.05) is 26.1 Å². The van der Waals surface area contributed by atoms with Crippen molar-refractivity contribution in [1.29, 1.82) is 0 Å². The molecule has 0 radical (unpaired) electrons. The van der Waals surface area contributed by atoms with Gasteiger partial charge >= 0.3 is 0 Å². The van der Waals surface area contributed by atoms with Gasteiger partial charge in [-0.05, 0) is 56.0 Å². The maximum absolute atomic E-state index is 14.0. The van der Waals surface area contributed by atoms with Gasteiger partial charge in [-0.1, -0.05) is 6.07 Å². The fraction of sp³-hybridized carbons (Fsp3) is 0.429. The Bertz CT molecular complexity index is 804. The summed E-state index contributed by atoms with van der Waals surface area (Å²) in [6.07, 6.45) is 5.28. The van der Waals surface area contributed by atoms with E-state index < -0.39 is 11.6 Å². The van der Waals surface area contributed by atoms with Gasteiger partial charge < -0.3 is 15.5 Å². The second-order valence-electron chi connectivity index (χ2n) is 6.96. The summed E-state index contributed by atoms with van der Waals surface area (Å²) in [5.41, 5.74) is 2.45. The molecule has 1 saturated heterocycles. The summed E-state index contributed by atoms with van der Waals surface area (Å²) >= 11 is 0. The lowest BCUT2D eigenvalue weighted by Gasteiger charge is -2.21. The fourth-order valence-electron chi connectivity index (χ4n) is 3.46. The van der Waals surface area contributed by atoms with Crippen molar-refractivity contribution in [3.8, 4) is 0 Å². The van der Waals surface area contributed by atoms with Crippen LogP contribution in [0.15, 0.2) is 41.7 Å². The van der Waals surface area contributed by atoms with Gasteiger partial charge in [0.05, 0.1) is 0 Å². The first-order chi connectivity index (χ1) is 13.6. The highest BCUT2D eigenvalue weighted by Crippen LogP contribution is 2.26. The largest absolute Gasteiger partial charge is 0.365 e. The molecule has 150 valence electrons. The van der Waals surface area contributed by atoms with Crippen molar-refractivity contribution in [2.45, 2.75) is 32.7 Å². The van der Waals surface area contributed by atoms with Gasteiger partial charge in [-0.25, -0.2) is 8.78 Å². The zero-order valence-electron chi connectivity index (χ0n) is 16.4. The third-order valence-corrected chi connectivity index (χ3v) is 4.91. The second kappa shape index (κ2) is 9.48. The Morgan fingerprint density at radius 2 is 2.07 bits per heavy atom. The highest BCUT2D eigenvalue weighted by molar-refractivity contribution is 5.80. The van der Waals surface area contributed by atoms with E-state index in [-0.39, 0.29) is 11.7 Å². The van der Waals surface area contributed by atoms with Crippen LogP contribution in [0.25, 0.3) is 0 Å². The zero-order valence-corrected chi connectivity index (χ0v) is 16.4. The number of guanidine groups is 1. The standard InChI is InChI=1S/C21H27F2N5/c1-3-25-21(26-11-8-16-7-10-24-13-15(16)2)27-17-9-12-28(14-17)20-18(22)5-4-6-19(20)23/h4-7,10,13,17H,3,8-9,11-12,14H2,1-2H3,(H2,25,26,27). The van der Waals surface area contributed by atoms with Gasteiger partial charge in [0.25, 0.3) is 0 Å². The lowest BCUT2D eigenvalue weighted by Crippen LogP contribution is -2.44. The van der Waals surface area contributed by atoms with Crippen molar-refractivity contribution in [3.05, 3.63) is 59.4 Å². The number of nitrogens with zero attached hydrogens (tertiary/aromatic N) is 3. The normalized spacial score (nSPS) is 17.1. The minimum atomic E-state index is -0.519. The Hall–Kier alpha value is -2.70. The number of aryl methyl sites for hydroxylation is 1. The summed E-state index contributed by atoms with van der Waals surface area (Å²) < 4.78 is 28.1. The molecule has 0 bridgehead atoms. The predicted octanol–water partition coefficient (Wildman–Crippen LogP) is 3.04. The first kappa shape index (κ1) is 20.0. The Morgan fingerprint density at radius 1 is 1.29 bits per heavy atom. The van der Waals surface area contributed by atoms with Gasteiger partial charge in [0.15, 0.2) is 5.96 Å². The van der Waals surface area contributed by atoms with Gasteiger partial charge in [-0.2, -0.15) is 0 Å². The number of para-hydroxylation sites is 1. The van der Waals surface area contributed by atoms with Crippen LogP contribution in [-0.2, 0) is 6.42 Å². The fourth-order valence-corrected chi connectivity index (χ4v) is 3.46. The van der Waals surface area contributed by atoms with Crippen LogP contribution < -0.4 is 15.5 Å². The molecule has 0 spiro atoms. The number of anilines is 1. The van der Waals surface area contributed by atoms with Crippen LogP contribution in [0.4, 0.5) is 14.5 Å². The van der Waals surface area contributed by atoms with E-state index in [1.165, 1.54) is 23.8 Å². The van der Waals surface area contributed by atoms with Gasteiger partial charge in [-0.15, -0.1) is 0 Å². The van der Waals surface area contributed by atoms with Gasteiger partial charge in [0.2, 0.25) is 0 Å². The molecule has 3 rings (SSSR count). The van der Waals surface area contributed by atoms with Gasteiger partial charge in [-0.3, -0.25) is 9.98 Å². The maximum atomic E-state index is 14.0. The minimum absolute atomic E-state index is 0.0573. The predicted molar refractivity (Wildman–Crippen MR) is 109 cm³/mol. The van der Waals surface area contributed by atoms with E-state index in [4.69, 9.17) is 0 Å². The third kappa shape index (κ3) is 4.97. The van der Waals surface area contributed by atoms with E-state index in [0.29, 0.717) is 19.6 Å². The number of benzene rings is 1. The molecule has 1 atom stereocenters. The van der Waals surface area contributed by atoms with Crippen LogP contribution in [0.1, 0.15) is 24.5 Å². The molecule has 1 aromatic heterocycles. The number of pyridine rings is 1. The number of hydrogen-bond donors (Lipinski definition) is 2. The third-order valence-electron chi connectivity index (χ3n) is 4.91. The van der Waals surface area contributed by atoms with Crippen LogP contribution >= 0.6 is 0 Å². The summed E-state index contributed by atoms with van der Waals surface area (Å²) in [5, 5.41) is 6.64. The number of hydrogen-bond acceptors (Lipinski definition) is 3. The summed E-state index contributed by atoms with van der Waals surface area (Å²) in [7, 11) is 0. The lowest BCUT2D eigenvalue weighted by molar-refractivity contribution is 0.576. The molecule has 7 heteroatoms. The highest BCUT2D eigenvalue weighted by atomic mass is 19.1. The number of aromatic nitrogens is 1. The van der Waals surface area contributed by atoms with Crippen molar-refractivity contribution in [3.63, 3.8) is 0 Å². The Morgan fingerprint density at radius 3 is 2.79 bits per heavy atom. The molecule has 1 aliphatic rings. The summed E-state index contributed by atoms with van der Waals surface area (Å²) in [5.74, 6) is -0.307.